The summed E-state index contributed by atoms with van der Waals surface area (Å²) in [5.41, 5.74) is 1.66. The lowest BCUT2D eigenvalue weighted by Gasteiger charge is -2.24. The van der Waals surface area contributed by atoms with Gasteiger partial charge in [-0.2, -0.15) is 14.9 Å². The fourth-order valence-corrected chi connectivity index (χ4v) is 4.00. The molecule has 9 nitrogen and oxygen atoms in total. The average Bonchev–Trinajstić information content (AvgIpc) is 3.39. The van der Waals surface area contributed by atoms with Gasteiger partial charge in [-0.05, 0) is 24.6 Å². The zero-order chi connectivity index (χ0) is 21.2. The molecule has 158 valence electrons. The van der Waals surface area contributed by atoms with Gasteiger partial charge in [0.2, 0.25) is 0 Å². The molecule has 2 N–H and O–H groups in total. The van der Waals surface area contributed by atoms with Crippen molar-refractivity contribution in [1.29, 1.82) is 5.26 Å². The minimum atomic E-state index is -0.118. The number of nitriles is 1. The normalized spacial score (nSPS) is 21.9. The number of aliphatic hydroxyl groups is 1. The number of fused-ring (bicyclic) bond motifs is 9. The highest BCUT2D eigenvalue weighted by Gasteiger charge is 2.33. The molecule has 2 aromatic heterocycles. The molecule has 0 aliphatic carbocycles. The first-order valence-corrected chi connectivity index (χ1v) is 10.2. The summed E-state index contributed by atoms with van der Waals surface area (Å²) in [7, 11) is 0. The van der Waals surface area contributed by atoms with Crippen LogP contribution in [0, 0.1) is 11.3 Å². The van der Waals surface area contributed by atoms with Crippen LogP contribution in [0.3, 0.4) is 0 Å². The number of hydrogen-bond donors (Lipinski definition) is 2. The van der Waals surface area contributed by atoms with E-state index in [0.717, 1.165) is 11.4 Å². The number of aliphatic hydroxyl groups excluding tert-OH is 1. The van der Waals surface area contributed by atoms with Gasteiger partial charge in [0.15, 0.2) is 5.65 Å². The Morgan fingerprint density at radius 2 is 2.16 bits per heavy atom. The molecule has 3 aromatic rings. The van der Waals surface area contributed by atoms with Gasteiger partial charge in [0.05, 0.1) is 31.6 Å². The van der Waals surface area contributed by atoms with Gasteiger partial charge in [0.25, 0.3) is 0 Å². The molecular formula is C22H22N6O3. The molecular weight excluding hydrogens is 396 g/mol. The summed E-state index contributed by atoms with van der Waals surface area (Å²) in [5, 5.41) is 27.2. The molecule has 0 radical (unpaired) electrons. The van der Waals surface area contributed by atoms with Crippen LogP contribution < -0.4 is 15.0 Å². The molecule has 0 amide bonds. The van der Waals surface area contributed by atoms with Crippen molar-refractivity contribution in [2.24, 2.45) is 0 Å². The van der Waals surface area contributed by atoms with E-state index >= 15 is 0 Å². The molecule has 0 saturated carbocycles. The second-order valence-corrected chi connectivity index (χ2v) is 7.52. The zero-order valence-corrected chi connectivity index (χ0v) is 16.8. The third kappa shape index (κ3) is 3.79. The number of rotatable bonds is 1. The van der Waals surface area contributed by atoms with Crippen molar-refractivity contribution in [3.05, 3.63) is 54.2 Å². The maximum absolute atomic E-state index is 9.97. The smallest absolute Gasteiger partial charge is 0.177 e. The summed E-state index contributed by atoms with van der Waals surface area (Å²) in [6.07, 6.45) is 6.05. The van der Waals surface area contributed by atoms with Crippen LogP contribution in [0.25, 0.3) is 5.65 Å². The highest BCUT2D eigenvalue weighted by Crippen LogP contribution is 2.31. The third-order valence-electron chi connectivity index (χ3n) is 5.51. The number of aromatic nitrogens is 3. The van der Waals surface area contributed by atoms with E-state index in [1.807, 2.05) is 47.4 Å². The van der Waals surface area contributed by atoms with E-state index in [2.05, 4.69) is 16.5 Å². The van der Waals surface area contributed by atoms with Crippen molar-refractivity contribution in [3.8, 4) is 11.8 Å². The number of anilines is 3. The molecule has 2 atom stereocenters. The van der Waals surface area contributed by atoms with E-state index < -0.39 is 0 Å². The summed E-state index contributed by atoms with van der Waals surface area (Å²) < 4.78 is 13.4. The lowest BCUT2D eigenvalue weighted by molar-refractivity contribution is 0.0857. The number of hydrogen-bond acceptors (Lipinski definition) is 8. The average molecular weight is 418 g/mol. The summed E-state index contributed by atoms with van der Waals surface area (Å²) in [5.74, 6) is 2.05. The fourth-order valence-electron chi connectivity index (χ4n) is 4.00. The first kappa shape index (κ1) is 19.4. The van der Waals surface area contributed by atoms with Crippen molar-refractivity contribution in [2.75, 3.05) is 36.6 Å². The molecule has 1 fully saturated rings. The van der Waals surface area contributed by atoms with Gasteiger partial charge in [-0.3, -0.25) is 0 Å². The van der Waals surface area contributed by atoms with Crippen molar-refractivity contribution in [2.45, 2.75) is 18.6 Å². The van der Waals surface area contributed by atoms with Crippen LogP contribution in [0.15, 0.2) is 48.7 Å². The quantitative estimate of drug-likeness (QED) is 0.580. The van der Waals surface area contributed by atoms with Crippen molar-refractivity contribution >= 4 is 23.0 Å². The first-order valence-electron chi connectivity index (χ1n) is 10.2. The van der Waals surface area contributed by atoms with Gasteiger partial charge in [-0.1, -0.05) is 12.1 Å². The highest BCUT2D eigenvalue weighted by atomic mass is 16.5. The largest absolute Gasteiger partial charge is 0.489 e. The predicted molar refractivity (Wildman–Crippen MR) is 115 cm³/mol. The Kier molecular flexibility index (Phi) is 5.16. The SMILES string of the molecule is N#Cc1cnn2c3cc(nc12)N1C[C@H](C[C@H]1CO)OC/C=C/COc1cccc(c1)N3. The molecule has 0 unspecified atom stereocenters. The molecule has 5 rings (SSSR count). The van der Waals surface area contributed by atoms with Gasteiger partial charge >= 0.3 is 0 Å². The molecule has 6 bridgehead atoms. The topological polar surface area (TPSA) is 108 Å². The lowest BCUT2D eigenvalue weighted by atomic mass is 10.2. The Bertz CT molecular complexity index is 1170. The van der Waals surface area contributed by atoms with E-state index in [1.165, 1.54) is 6.20 Å². The van der Waals surface area contributed by atoms with Gasteiger partial charge in [0, 0.05) is 24.4 Å². The van der Waals surface area contributed by atoms with Crippen LogP contribution in [0.1, 0.15) is 12.0 Å². The molecule has 9 heteroatoms. The molecule has 2 aliphatic rings. The van der Waals surface area contributed by atoms with Crippen molar-refractivity contribution in [3.63, 3.8) is 0 Å². The zero-order valence-electron chi connectivity index (χ0n) is 16.8. The summed E-state index contributed by atoms with van der Waals surface area (Å²) >= 11 is 0. The first-order chi connectivity index (χ1) is 15.2. The van der Waals surface area contributed by atoms with E-state index in [1.54, 1.807) is 4.52 Å². The van der Waals surface area contributed by atoms with Crippen LogP contribution in [0.4, 0.5) is 17.3 Å². The van der Waals surface area contributed by atoms with Gasteiger partial charge in [-0.25, -0.2) is 4.98 Å². The Hall–Kier alpha value is -3.61. The number of benzene rings is 1. The van der Waals surface area contributed by atoms with Crippen LogP contribution in [0.2, 0.25) is 0 Å². The third-order valence-corrected chi connectivity index (χ3v) is 5.51. The molecule has 1 saturated heterocycles. The molecule has 4 heterocycles. The van der Waals surface area contributed by atoms with E-state index in [0.29, 0.717) is 49.0 Å². The number of nitrogens with one attached hydrogen (secondary N) is 1. The Balaban J connectivity index is 1.63. The second kappa shape index (κ2) is 8.26. The lowest BCUT2D eigenvalue weighted by Crippen LogP contribution is -2.33. The second-order valence-electron chi connectivity index (χ2n) is 7.52. The molecule has 31 heavy (non-hydrogen) atoms. The summed E-state index contributed by atoms with van der Waals surface area (Å²) in [6, 6.07) is 11.6. The van der Waals surface area contributed by atoms with Crippen molar-refractivity contribution < 1.29 is 14.6 Å². The maximum Gasteiger partial charge on any atom is 0.177 e. The van der Waals surface area contributed by atoms with Crippen LogP contribution >= 0.6 is 0 Å². The molecule has 2 aliphatic heterocycles. The summed E-state index contributed by atoms with van der Waals surface area (Å²) in [4.78, 5) is 6.75. The van der Waals surface area contributed by atoms with Gasteiger partial charge < -0.3 is 24.8 Å². The monoisotopic (exact) mass is 418 g/mol. The summed E-state index contributed by atoms with van der Waals surface area (Å²) in [6.45, 7) is 1.51. The minimum absolute atomic E-state index is 0.00836. The van der Waals surface area contributed by atoms with Crippen LogP contribution in [0.5, 0.6) is 5.75 Å². The predicted octanol–water partition coefficient (Wildman–Crippen LogP) is 2.25. The number of ether oxygens (including phenoxy) is 2. The molecule has 0 spiro atoms. The van der Waals surface area contributed by atoms with E-state index in [-0.39, 0.29) is 18.8 Å². The Labute approximate surface area is 179 Å². The van der Waals surface area contributed by atoms with E-state index in [4.69, 9.17) is 14.5 Å². The Morgan fingerprint density at radius 3 is 3.03 bits per heavy atom. The number of nitrogens with zero attached hydrogens (tertiary/aromatic N) is 5. The fraction of sp³-hybridized carbons (Fsp3) is 0.318. The Morgan fingerprint density at radius 1 is 1.26 bits per heavy atom. The van der Waals surface area contributed by atoms with Crippen LogP contribution in [-0.4, -0.2) is 58.2 Å². The van der Waals surface area contributed by atoms with Gasteiger partial charge in [-0.15, -0.1) is 0 Å². The minimum Gasteiger partial charge on any atom is -0.489 e. The standard InChI is InChI=1S/C22H22N6O3/c23-11-15-12-24-28-21-10-20(26-22(15)28)27-13-19(9-17(27)14-29)31-7-2-1-6-30-18-5-3-4-16(8-18)25-21/h1-5,8,10,12,17,19,25,29H,6-7,9,13-14H2/b2-1+/t17-,19-/m0/s1. The van der Waals surface area contributed by atoms with Crippen LogP contribution in [-0.2, 0) is 4.74 Å². The van der Waals surface area contributed by atoms with Gasteiger partial charge in [0.1, 0.15) is 35.6 Å². The molecule has 1 aromatic carbocycles. The maximum atomic E-state index is 9.97. The highest BCUT2D eigenvalue weighted by molar-refractivity contribution is 5.68. The van der Waals surface area contributed by atoms with E-state index in [9.17, 15) is 10.4 Å². The van der Waals surface area contributed by atoms with Crippen molar-refractivity contribution in [1.82, 2.24) is 14.6 Å².